The number of para-hydroxylation sites is 1. The number of carbonyl (C=O) groups excluding carboxylic acids is 1. The van der Waals surface area contributed by atoms with E-state index in [2.05, 4.69) is 21.6 Å². The van der Waals surface area contributed by atoms with Crippen molar-refractivity contribution in [3.05, 3.63) is 35.5 Å². The molecule has 3 rings (SSSR count). The van der Waals surface area contributed by atoms with Gasteiger partial charge in [-0.05, 0) is 38.9 Å². The Kier molecular flexibility index (Phi) is 3.62. The zero-order valence-electron chi connectivity index (χ0n) is 12.4. The van der Waals surface area contributed by atoms with Gasteiger partial charge in [0.2, 0.25) is 0 Å². The Morgan fingerprint density at radius 3 is 2.60 bits per heavy atom. The second-order valence-corrected chi connectivity index (χ2v) is 5.80. The van der Waals surface area contributed by atoms with E-state index in [-0.39, 0.29) is 5.78 Å². The fraction of sp³-hybridized carbons (Fsp3) is 0.471. The number of benzene rings is 1. The van der Waals surface area contributed by atoms with Gasteiger partial charge in [0.25, 0.3) is 0 Å². The van der Waals surface area contributed by atoms with Crippen molar-refractivity contribution in [2.24, 2.45) is 7.05 Å². The van der Waals surface area contributed by atoms with Gasteiger partial charge >= 0.3 is 0 Å². The zero-order valence-corrected chi connectivity index (χ0v) is 12.4. The first-order valence-electron chi connectivity index (χ1n) is 7.48. The van der Waals surface area contributed by atoms with Crippen LogP contribution in [-0.2, 0) is 7.05 Å². The third-order valence-corrected chi connectivity index (χ3v) is 4.49. The summed E-state index contributed by atoms with van der Waals surface area (Å²) in [5.41, 5.74) is 3.13. The predicted molar refractivity (Wildman–Crippen MR) is 82.3 cm³/mol. The first-order chi connectivity index (χ1) is 9.68. The molecule has 1 aromatic heterocycles. The Bertz CT molecular complexity index is 636. The van der Waals surface area contributed by atoms with Gasteiger partial charge in [0, 0.05) is 29.2 Å². The molecule has 1 aliphatic rings. The number of hydrogen-bond donors (Lipinski definition) is 0. The van der Waals surface area contributed by atoms with Crippen LogP contribution in [0.25, 0.3) is 10.9 Å². The van der Waals surface area contributed by atoms with Gasteiger partial charge in [0.15, 0.2) is 5.78 Å². The lowest BCUT2D eigenvalue weighted by molar-refractivity contribution is 0.0916. The van der Waals surface area contributed by atoms with E-state index in [1.807, 2.05) is 26.1 Å². The average molecular weight is 270 g/mol. The van der Waals surface area contributed by atoms with Gasteiger partial charge in [-0.3, -0.25) is 9.69 Å². The molecule has 0 atom stereocenters. The van der Waals surface area contributed by atoms with Crippen molar-refractivity contribution in [2.75, 3.05) is 19.6 Å². The maximum atomic E-state index is 12.7. The second-order valence-electron chi connectivity index (χ2n) is 5.80. The standard InChI is InChI=1S/C17H22N2O/c1-13-17(14-8-4-5-9-15(14)18(13)2)16(20)12-19-10-6-3-7-11-19/h4-5,8-9H,3,6-7,10-12H2,1-2H3. The summed E-state index contributed by atoms with van der Waals surface area (Å²) in [4.78, 5) is 15.0. The van der Waals surface area contributed by atoms with Crippen LogP contribution in [0.3, 0.4) is 0 Å². The van der Waals surface area contributed by atoms with E-state index in [1.54, 1.807) is 0 Å². The average Bonchev–Trinajstić information content (AvgIpc) is 2.72. The predicted octanol–water partition coefficient (Wildman–Crippen LogP) is 3.16. The van der Waals surface area contributed by atoms with Crippen LogP contribution in [0.1, 0.15) is 35.3 Å². The van der Waals surface area contributed by atoms with Crippen LogP contribution in [0, 0.1) is 6.92 Å². The number of aryl methyl sites for hydroxylation is 1. The van der Waals surface area contributed by atoms with Gasteiger partial charge in [-0.15, -0.1) is 0 Å². The van der Waals surface area contributed by atoms with E-state index in [4.69, 9.17) is 0 Å². The summed E-state index contributed by atoms with van der Waals surface area (Å²) >= 11 is 0. The number of fused-ring (bicyclic) bond motifs is 1. The third-order valence-electron chi connectivity index (χ3n) is 4.49. The van der Waals surface area contributed by atoms with Crippen molar-refractivity contribution in [3.8, 4) is 0 Å². The van der Waals surface area contributed by atoms with Gasteiger partial charge in [-0.2, -0.15) is 0 Å². The largest absolute Gasteiger partial charge is 0.347 e. The highest BCUT2D eigenvalue weighted by Crippen LogP contribution is 2.25. The zero-order chi connectivity index (χ0) is 14.1. The second kappa shape index (κ2) is 5.41. The molecule has 0 saturated carbocycles. The number of carbonyl (C=O) groups is 1. The maximum absolute atomic E-state index is 12.7. The Morgan fingerprint density at radius 2 is 1.85 bits per heavy atom. The SMILES string of the molecule is Cc1c(C(=O)CN2CCCCC2)c2ccccc2n1C. The molecule has 0 aliphatic carbocycles. The first kappa shape index (κ1) is 13.4. The van der Waals surface area contributed by atoms with Gasteiger partial charge in [-0.1, -0.05) is 24.6 Å². The minimum Gasteiger partial charge on any atom is -0.347 e. The van der Waals surface area contributed by atoms with Gasteiger partial charge in [-0.25, -0.2) is 0 Å². The van der Waals surface area contributed by atoms with Crippen molar-refractivity contribution in [1.82, 2.24) is 9.47 Å². The molecule has 106 valence electrons. The molecule has 0 amide bonds. The summed E-state index contributed by atoms with van der Waals surface area (Å²) in [6.45, 7) is 4.74. The molecule has 20 heavy (non-hydrogen) atoms. The highest BCUT2D eigenvalue weighted by molar-refractivity contribution is 6.10. The molecule has 2 aromatic rings. The molecular formula is C17H22N2O. The van der Waals surface area contributed by atoms with Gasteiger partial charge in [0.1, 0.15) is 0 Å². The monoisotopic (exact) mass is 270 g/mol. The van der Waals surface area contributed by atoms with E-state index in [0.717, 1.165) is 35.2 Å². The third kappa shape index (κ3) is 2.27. The molecule has 1 aliphatic heterocycles. The summed E-state index contributed by atoms with van der Waals surface area (Å²) in [6.07, 6.45) is 3.75. The molecule has 0 radical (unpaired) electrons. The molecule has 0 N–H and O–H groups in total. The lowest BCUT2D eigenvalue weighted by atomic mass is 10.0. The molecule has 2 heterocycles. The topological polar surface area (TPSA) is 25.2 Å². The van der Waals surface area contributed by atoms with Crippen molar-refractivity contribution in [1.29, 1.82) is 0 Å². The maximum Gasteiger partial charge on any atom is 0.179 e. The lowest BCUT2D eigenvalue weighted by Gasteiger charge is -2.25. The van der Waals surface area contributed by atoms with E-state index < -0.39 is 0 Å². The number of likely N-dealkylation sites (tertiary alicyclic amines) is 1. The Morgan fingerprint density at radius 1 is 1.15 bits per heavy atom. The summed E-state index contributed by atoms with van der Waals surface area (Å²) in [5.74, 6) is 0.265. The minimum absolute atomic E-state index is 0.265. The van der Waals surface area contributed by atoms with Crippen LogP contribution in [0.2, 0.25) is 0 Å². The fourth-order valence-electron chi connectivity index (χ4n) is 3.27. The number of piperidine rings is 1. The number of aromatic nitrogens is 1. The quantitative estimate of drug-likeness (QED) is 0.801. The molecule has 1 aromatic carbocycles. The molecule has 0 unspecified atom stereocenters. The molecule has 0 spiro atoms. The van der Waals surface area contributed by atoms with E-state index in [9.17, 15) is 4.79 Å². The summed E-state index contributed by atoms with van der Waals surface area (Å²) < 4.78 is 2.12. The minimum atomic E-state index is 0.265. The van der Waals surface area contributed by atoms with Crippen molar-refractivity contribution in [3.63, 3.8) is 0 Å². The van der Waals surface area contributed by atoms with Crippen LogP contribution in [-0.4, -0.2) is 34.9 Å². The lowest BCUT2D eigenvalue weighted by Crippen LogP contribution is -2.34. The number of hydrogen-bond acceptors (Lipinski definition) is 2. The van der Waals surface area contributed by atoms with Crippen LogP contribution in [0.4, 0.5) is 0 Å². The fourth-order valence-corrected chi connectivity index (χ4v) is 3.27. The van der Waals surface area contributed by atoms with Gasteiger partial charge < -0.3 is 4.57 Å². The summed E-state index contributed by atoms with van der Waals surface area (Å²) in [5, 5.41) is 1.09. The van der Waals surface area contributed by atoms with E-state index >= 15 is 0 Å². The van der Waals surface area contributed by atoms with Crippen molar-refractivity contribution < 1.29 is 4.79 Å². The molecule has 1 saturated heterocycles. The molecule has 1 fully saturated rings. The molecular weight excluding hydrogens is 248 g/mol. The van der Waals surface area contributed by atoms with E-state index in [1.165, 1.54) is 19.3 Å². The van der Waals surface area contributed by atoms with Crippen molar-refractivity contribution >= 4 is 16.7 Å². The molecule has 3 nitrogen and oxygen atoms in total. The summed E-state index contributed by atoms with van der Waals surface area (Å²) in [6, 6.07) is 8.19. The smallest absolute Gasteiger partial charge is 0.179 e. The Hall–Kier alpha value is -1.61. The molecule has 3 heteroatoms. The van der Waals surface area contributed by atoms with Crippen LogP contribution < -0.4 is 0 Å². The number of rotatable bonds is 3. The Labute approximate surface area is 120 Å². The van der Waals surface area contributed by atoms with Crippen LogP contribution in [0.15, 0.2) is 24.3 Å². The van der Waals surface area contributed by atoms with E-state index in [0.29, 0.717) is 6.54 Å². The summed E-state index contributed by atoms with van der Waals surface area (Å²) in [7, 11) is 2.04. The first-order valence-corrected chi connectivity index (χ1v) is 7.48. The van der Waals surface area contributed by atoms with Crippen LogP contribution in [0.5, 0.6) is 0 Å². The van der Waals surface area contributed by atoms with Gasteiger partial charge in [0.05, 0.1) is 6.54 Å². The highest BCUT2D eigenvalue weighted by Gasteiger charge is 2.21. The Balaban J connectivity index is 1.93. The highest BCUT2D eigenvalue weighted by atomic mass is 16.1. The molecule has 0 bridgehead atoms. The van der Waals surface area contributed by atoms with Crippen molar-refractivity contribution in [2.45, 2.75) is 26.2 Å². The number of nitrogens with zero attached hydrogens (tertiary/aromatic N) is 2. The number of Topliss-reactive ketones (excluding diaryl/α,β-unsaturated/α-hetero) is 1. The normalized spacial score (nSPS) is 16.7. The number of ketones is 1. The van der Waals surface area contributed by atoms with Crippen LogP contribution >= 0.6 is 0 Å².